The molecule has 5 nitrogen and oxygen atoms in total. The maximum atomic E-state index is 11.5. The molecule has 0 atom stereocenters. The Hall–Kier alpha value is -0.460. The van der Waals surface area contributed by atoms with Gasteiger partial charge in [0.2, 0.25) is 0 Å². The van der Waals surface area contributed by atoms with Gasteiger partial charge < -0.3 is 4.62 Å². The third-order valence-electron chi connectivity index (χ3n) is 1.41. The summed E-state index contributed by atoms with van der Waals surface area (Å²) in [7, 11) is 0. The Kier molecular flexibility index (Phi) is 5.21. The lowest BCUT2D eigenvalue weighted by Crippen LogP contribution is -1.87. The van der Waals surface area contributed by atoms with Crippen molar-refractivity contribution in [1.82, 2.24) is 0 Å². The zero-order valence-electron chi connectivity index (χ0n) is 7.65. The van der Waals surface area contributed by atoms with Crippen molar-refractivity contribution in [3.8, 4) is 0 Å². The molecule has 0 saturated carbocycles. The summed E-state index contributed by atoms with van der Waals surface area (Å²) >= 11 is 1.13. The predicted molar refractivity (Wildman–Crippen MR) is 66.3 cm³/mol. The summed E-state index contributed by atoms with van der Waals surface area (Å²) in [4.78, 5) is 0. The molecular weight excluding hydrogens is 253 g/mol. The smallest absolute Gasteiger partial charge is 0.317 e. The van der Waals surface area contributed by atoms with Gasteiger partial charge in [-0.3, -0.25) is 10.3 Å². The second kappa shape index (κ2) is 6.19. The first-order valence-electron chi connectivity index (χ1n) is 3.84. The van der Waals surface area contributed by atoms with Crippen molar-refractivity contribution >= 4 is 35.1 Å². The van der Waals surface area contributed by atoms with E-state index in [4.69, 9.17) is 14.9 Å². The van der Waals surface area contributed by atoms with Gasteiger partial charge in [-0.2, -0.15) is 0 Å². The average Bonchev–Trinajstić information content (AvgIpc) is 2.30. The van der Waals surface area contributed by atoms with E-state index in [9.17, 15) is 4.57 Å². The molecule has 1 rings (SSSR count). The first kappa shape index (κ1) is 12.6. The van der Waals surface area contributed by atoms with Crippen LogP contribution in [0, 0.1) is 0 Å². The van der Waals surface area contributed by atoms with Crippen LogP contribution in [-0.4, -0.2) is 6.21 Å². The lowest BCUT2D eigenvalue weighted by molar-refractivity contribution is 0.361. The standard InChI is InChI=1S/C7H10N3O2PS2/c8-14-13(11,15-9)12-10-6-7-4-2-1-3-5-7/h1-6H,8-9H2. The zero-order valence-corrected chi connectivity index (χ0v) is 10.2. The summed E-state index contributed by atoms with van der Waals surface area (Å²) in [6.45, 7) is 0. The monoisotopic (exact) mass is 263 g/mol. The minimum absolute atomic E-state index is 0.565. The van der Waals surface area contributed by atoms with Crippen molar-refractivity contribution in [1.29, 1.82) is 0 Å². The summed E-state index contributed by atoms with van der Waals surface area (Å²) in [6.07, 6.45) is 1.44. The van der Waals surface area contributed by atoms with Gasteiger partial charge in [0.15, 0.2) is 0 Å². The van der Waals surface area contributed by atoms with E-state index in [0.29, 0.717) is 23.1 Å². The molecule has 82 valence electrons. The van der Waals surface area contributed by atoms with Gasteiger partial charge in [0.1, 0.15) is 0 Å². The highest BCUT2D eigenvalue weighted by Gasteiger charge is 2.23. The molecule has 1 aromatic carbocycles. The van der Waals surface area contributed by atoms with E-state index in [2.05, 4.69) is 5.16 Å². The van der Waals surface area contributed by atoms with Crippen molar-refractivity contribution in [2.24, 2.45) is 15.4 Å². The number of rotatable bonds is 5. The molecule has 0 bridgehead atoms. The van der Waals surface area contributed by atoms with E-state index in [0.717, 1.165) is 5.56 Å². The zero-order chi connectivity index (χ0) is 11.1. The largest absolute Gasteiger partial charge is 0.408 e. The third kappa shape index (κ3) is 4.27. The molecule has 1 aromatic rings. The van der Waals surface area contributed by atoms with Crippen LogP contribution in [-0.2, 0) is 9.19 Å². The summed E-state index contributed by atoms with van der Waals surface area (Å²) < 4.78 is 16.2. The van der Waals surface area contributed by atoms with Crippen molar-refractivity contribution in [2.75, 3.05) is 0 Å². The molecule has 0 aromatic heterocycles. The van der Waals surface area contributed by atoms with Crippen LogP contribution in [0.4, 0.5) is 0 Å². The summed E-state index contributed by atoms with van der Waals surface area (Å²) in [6, 6.07) is 9.27. The van der Waals surface area contributed by atoms with Gasteiger partial charge in [-0.05, 0) is 5.56 Å². The molecule has 4 N–H and O–H groups in total. The number of hydrogen-bond donors (Lipinski definition) is 2. The fourth-order valence-corrected chi connectivity index (χ4v) is 2.09. The topological polar surface area (TPSA) is 90.7 Å². The first-order chi connectivity index (χ1) is 7.20. The van der Waals surface area contributed by atoms with Crippen LogP contribution in [0.25, 0.3) is 0 Å². The number of oxime groups is 1. The molecule has 0 aliphatic rings. The average molecular weight is 263 g/mol. The first-order valence-corrected chi connectivity index (χ1v) is 8.44. The van der Waals surface area contributed by atoms with Crippen molar-refractivity contribution in [2.45, 2.75) is 0 Å². The summed E-state index contributed by atoms with van der Waals surface area (Å²) in [5, 5.41) is 13.9. The van der Waals surface area contributed by atoms with Gasteiger partial charge in [-0.25, -0.2) is 4.57 Å². The Labute approximate surface area is 95.8 Å². The molecule has 0 aliphatic heterocycles. The number of nitrogens with zero attached hydrogens (tertiary/aromatic N) is 1. The van der Waals surface area contributed by atoms with Crippen molar-refractivity contribution in [3.63, 3.8) is 0 Å². The van der Waals surface area contributed by atoms with Crippen molar-refractivity contribution in [3.05, 3.63) is 35.9 Å². The lowest BCUT2D eigenvalue weighted by Gasteiger charge is -2.06. The van der Waals surface area contributed by atoms with Crippen LogP contribution in [0.2, 0.25) is 0 Å². The number of benzene rings is 1. The fraction of sp³-hybridized carbons (Fsp3) is 0. The van der Waals surface area contributed by atoms with Gasteiger partial charge >= 0.3 is 5.77 Å². The van der Waals surface area contributed by atoms with Crippen LogP contribution in [0.5, 0.6) is 0 Å². The van der Waals surface area contributed by atoms with E-state index in [-0.39, 0.29) is 0 Å². The van der Waals surface area contributed by atoms with Crippen LogP contribution in [0.1, 0.15) is 5.56 Å². The van der Waals surface area contributed by atoms with Crippen LogP contribution >= 0.6 is 28.9 Å². The Morgan fingerprint density at radius 2 is 1.87 bits per heavy atom. The number of hydrogen-bond acceptors (Lipinski definition) is 7. The Morgan fingerprint density at radius 3 is 2.40 bits per heavy atom. The van der Waals surface area contributed by atoms with Crippen molar-refractivity contribution < 1.29 is 9.19 Å². The number of nitrogens with two attached hydrogens (primary N) is 2. The molecular formula is C7H10N3O2PS2. The quantitative estimate of drug-likeness (QED) is 0.367. The minimum atomic E-state index is -3.13. The lowest BCUT2D eigenvalue weighted by atomic mass is 10.2. The summed E-state index contributed by atoms with van der Waals surface area (Å²) in [5.41, 5.74) is 0.841. The van der Waals surface area contributed by atoms with Crippen LogP contribution in [0.3, 0.4) is 0 Å². The van der Waals surface area contributed by atoms with E-state index in [1.807, 2.05) is 30.3 Å². The van der Waals surface area contributed by atoms with Crippen LogP contribution < -0.4 is 10.3 Å². The molecule has 15 heavy (non-hydrogen) atoms. The molecule has 0 aliphatic carbocycles. The van der Waals surface area contributed by atoms with Gasteiger partial charge in [0.25, 0.3) is 0 Å². The van der Waals surface area contributed by atoms with Gasteiger partial charge in [0.05, 0.1) is 6.21 Å². The Morgan fingerprint density at radius 1 is 1.27 bits per heavy atom. The maximum absolute atomic E-state index is 11.5. The molecule has 0 heterocycles. The molecule has 8 heteroatoms. The maximum Gasteiger partial charge on any atom is 0.408 e. The second-order valence-electron chi connectivity index (χ2n) is 2.38. The Balaban J connectivity index is 2.57. The highest BCUT2D eigenvalue weighted by atomic mass is 33.1. The Bertz CT molecular complexity index is 366. The van der Waals surface area contributed by atoms with Crippen LogP contribution in [0.15, 0.2) is 35.5 Å². The fourth-order valence-electron chi connectivity index (χ4n) is 0.745. The molecule has 0 amide bonds. The van der Waals surface area contributed by atoms with E-state index >= 15 is 0 Å². The molecule has 0 saturated heterocycles. The van der Waals surface area contributed by atoms with Gasteiger partial charge in [-0.15, -0.1) is 0 Å². The predicted octanol–water partition coefficient (Wildman–Crippen LogP) is 2.36. The van der Waals surface area contributed by atoms with Gasteiger partial charge in [-0.1, -0.05) is 35.5 Å². The molecule has 0 fully saturated rings. The van der Waals surface area contributed by atoms with E-state index < -0.39 is 5.77 Å². The molecule has 0 unspecified atom stereocenters. The van der Waals surface area contributed by atoms with E-state index in [1.54, 1.807) is 0 Å². The highest BCUT2D eigenvalue weighted by molar-refractivity contribution is 8.88. The SMILES string of the molecule is NSP(=O)(ON=Cc1ccccc1)SN. The molecule has 0 spiro atoms. The molecule has 0 radical (unpaired) electrons. The third-order valence-corrected chi connectivity index (χ3v) is 5.72. The van der Waals surface area contributed by atoms with E-state index in [1.165, 1.54) is 6.21 Å². The minimum Gasteiger partial charge on any atom is -0.317 e. The van der Waals surface area contributed by atoms with Gasteiger partial charge in [0, 0.05) is 23.1 Å². The normalized spacial score (nSPS) is 11.9. The second-order valence-corrected chi connectivity index (χ2v) is 8.71. The summed E-state index contributed by atoms with van der Waals surface area (Å²) in [5.74, 6) is -3.13. The highest BCUT2D eigenvalue weighted by Crippen LogP contribution is 2.65.